The molecule has 0 radical (unpaired) electrons. The summed E-state index contributed by atoms with van der Waals surface area (Å²) in [5, 5.41) is 0. The van der Waals surface area contributed by atoms with Gasteiger partial charge in [-0.15, -0.1) is 0 Å². The summed E-state index contributed by atoms with van der Waals surface area (Å²) in [4.78, 5) is 4.26. The van der Waals surface area contributed by atoms with E-state index < -0.39 is 0 Å². The normalized spacial score (nSPS) is 10.7. The number of pyridine rings is 1. The van der Waals surface area contributed by atoms with E-state index in [-0.39, 0.29) is 0 Å². The van der Waals surface area contributed by atoms with Gasteiger partial charge < -0.3 is 9.14 Å². The lowest BCUT2D eigenvalue weighted by atomic mass is 10.4. The molecule has 2 aromatic heterocycles. The van der Waals surface area contributed by atoms with Crippen LogP contribution >= 0.6 is 15.9 Å². The Morgan fingerprint density at radius 1 is 1.54 bits per heavy atom. The van der Waals surface area contributed by atoms with Crippen molar-refractivity contribution in [3.63, 3.8) is 0 Å². The lowest BCUT2D eigenvalue weighted by Gasteiger charge is -2.04. The molecule has 13 heavy (non-hydrogen) atoms. The fourth-order valence-electron chi connectivity index (χ4n) is 1.31. The number of methoxy groups -OCH3 is 1. The molecule has 0 atom stereocenters. The fraction of sp³-hybridized carbons (Fsp3) is 0.222. The topological polar surface area (TPSA) is 26.5 Å². The number of halogens is 1. The van der Waals surface area contributed by atoms with Gasteiger partial charge in [0.25, 0.3) is 0 Å². The minimum atomic E-state index is 0.774. The molecule has 0 bridgehead atoms. The van der Waals surface area contributed by atoms with E-state index in [2.05, 4.69) is 20.9 Å². The molecular weight excluding hydrogens is 232 g/mol. The lowest BCUT2D eigenvalue weighted by molar-refractivity contribution is 0.414. The van der Waals surface area contributed by atoms with Crippen molar-refractivity contribution in [1.82, 2.24) is 9.38 Å². The first kappa shape index (κ1) is 8.56. The second-order valence-electron chi connectivity index (χ2n) is 2.79. The Morgan fingerprint density at radius 3 is 3.00 bits per heavy atom. The van der Waals surface area contributed by atoms with Crippen molar-refractivity contribution >= 4 is 21.6 Å². The predicted molar refractivity (Wildman–Crippen MR) is 54.2 cm³/mol. The Balaban J connectivity index is 2.85. The molecule has 2 heterocycles. The molecule has 0 spiro atoms. The first-order chi connectivity index (χ1) is 6.24. The number of nitrogens with zero attached hydrogens (tertiary/aromatic N) is 2. The maximum Gasteiger partial charge on any atom is 0.181 e. The second kappa shape index (κ2) is 3.03. The Morgan fingerprint density at radius 2 is 2.31 bits per heavy atom. The number of aryl methyl sites for hydroxylation is 1. The van der Waals surface area contributed by atoms with Gasteiger partial charge in [-0.3, -0.25) is 0 Å². The molecule has 0 N–H and O–H groups in total. The lowest BCUT2D eigenvalue weighted by Crippen LogP contribution is -1.92. The van der Waals surface area contributed by atoms with Gasteiger partial charge in [0.15, 0.2) is 11.4 Å². The van der Waals surface area contributed by atoms with Crippen molar-refractivity contribution in [2.24, 2.45) is 0 Å². The van der Waals surface area contributed by atoms with E-state index in [0.717, 1.165) is 21.6 Å². The molecule has 3 nitrogen and oxygen atoms in total. The van der Waals surface area contributed by atoms with E-state index >= 15 is 0 Å². The van der Waals surface area contributed by atoms with Crippen LogP contribution in [-0.2, 0) is 0 Å². The van der Waals surface area contributed by atoms with Gasteiger partial charge in [-0.1, -0.05) is 0 Å². The van der Waals surface area contributed by atoms with E-state index in [1.807, 2.05) is 29.8 Å². The smallest absolute Gasteiger partial charge is 0.181 e. The highest BCUT2D eigenvalue weighted by Gasteiger charge is 2.08. The summed E-state index contributed by atoms with van der Waals surface area (Å²) in [5.74, 6) is 0.774. The van der Waals surface area contributed by atoms with Gasteiger partial charge in [0, 0.05) is 18.1 Å². The SMILES string of the molecule is COc1c(Br)ccn2c(C)cnc12. The highest BCUT2D eigenvalue weighted by atomic mass is 79.9. The maximum atomic E-state index is 5.24. The molecule has 0 amide bonds. The van der Waals surface area contributed by atoms with Crippen LogP contribution in [0.5, 0.6) is 5.75 Å². The van der Waals surface area contributed by atoms with Crippen LogP contribution in [0.3, 0.4) is 0 Å². The van der Waals surface area contributed by atoms with E-state index in [0.29, 0.717) is 0 Å². The van der Waals surface area contributed by atoms with Crippen molar-refractivity contribution in [2.45, 2.75) is 6.92 Å². The average molecular weight is 241 g/mol. The van der Waals surface area contributed by atoms with Crippen molar-refractivity contribution in [3.8, 4) is 5.75 Å². The second-order valence-corrected chi connectivity index (χ2v) is 3.64. The zero-order valence-corrected chi connectivity index (χ0v) is 9.00. The van der Waals surface area contributed by atoms with E-state index in [1.54, 1.807) is 7.11 Å². The summed E-state index contributed by atoms with van der Waals surface area (Å²) in [6, 6.07) is 1.94. The van der Waals surface area contributed by atoms with E-state index in [1.165, 1.54) is 0 Å². The van der Waals surface area contributed by atoms with Crippen LogP contribution in [0.4, 0.5) is 0 Å². The van der Waals surface area contributed by atoms with E-state index in [9.17, 15) is 0 Å². The summed E-state index contributed by atoms with van der Waals surface area (Å²) in [6.45, 7) is 2.01. The summed E-state index contributed by atoms with van der Waals surface area (Å²) in [5.41, 5.74) is 1.94. The van der Waals surface area contributed by atoms with Gasteiger partial charge in [0.05, 0.1) is 11.6 Å². The van der Waals surface area contributed by atoms with Crippen molar-refractivity contribution in [2.75, 3.05) is 7.11 Å². The third-order valence-electron chi connectivity index (χ3n) is 1.98. The van der Waals surface area contributed by atoms with Crippen LogP contribution in [0.2, 0.25) is 0 Å². The molecule has 2 aromatic rings. The Kier molecular flexibility index (Phi) is 2.00. The summed E-state index contributed by atoms with van der Waals surface area (Å²) < 4.78 is 8.16. The third-order valence-corrected chi connectivity index (χ3v) is 2.60. The third kappa shape index (κ3) is 1.21. The van der Waals surface area contributed by atoms with Gasteiger partial charge in [-0.25, -0.2) is 4.98 Å². The first-order valence-electron chi connectivity index (χ1n) is 3.90. The minimum absolute atomic E-state index is 0.774. The number of rotatable bonds is 1. The van der Waals surface area contributed by atoms with Crippen LogP contribution in [0.15, 0.2) is 22.9 Å². The zero-order valence-electron chi connectivity index (χ0n) is 7.41. The van der Waals surface area contributed by atoms with Gasteiger partial charge in [-0.05, 0) is 28.9 Å². The van der Waals surface area contributed by atoms with Crippen LogP contribution in [-0.4, -0.2) is 16.5 Å². The molecule has 4 heteroatoms. The number of imidazole rings is 1. The summed E-state index contributed by atoms with van der Waals surface area (Å²) >= 11 is 3.41. The molecule has 0 aromatic carbocycles. The van der Waals surface area contributed by atoms with Gasteiger partial charge in [-0.2, -0.15) is 0 Å². The highest BCUT2D eigenvalue weighted by Crippen LogP contribution is 2.28. The van der Waals surface area contributed by atoms with Crippen molar-refractivity contribution in [3.05, 3.63) is 28.6 Å². The highest BCUT2D eigenvalue weighted by molar-refractivity contribution is 9.10. The molecule has 0 aliphatic rings. The number of hydrogen-bond acceptors (Lipinski definition) is 2. The Hall–Kier alpha value is -1.03. The molecule has 0 saturated heterocycles. The quantitative estimate of drug-likeness (QED) is 0.766. The molecule has 68 valence electrons. The predicted octanol–water partition coefficient (Wildman–Crippen LogP) is 2.41. The first-order valence-corrected chi connectivity index (χ1v) is 4.69. The Labute approximate surface area is 84.5 Å². The molecule has 2 rings (SSSR count). The largest absolute Gasteiger partial charge is 0.492 e. The number of hydrogen-bond donors (Lipinski definition) is 0. The molecule has 0 saturated carbocycles. The number of fused-ring (bicyclic) bond motifs is 1. The molecular formula is C9H9BrN2O. The summed E-state index contributed by atoms with van der Waals surface area (Å²) in [7, 11) is 1.64. The van der Waals surface area contributed by atoms with Gasteiger partial charge in [0.2, 0.25) is 0 Å². The van der Waals surface area contributed by atoms with Crippen LogP contribution in [0, 0.1) is 6.92 Å². The molecule has 0 aliphatic heterocycles. The Bertz CT molecular complexity index is 450. The fourth-order valence-corrected chi connectivity index (χ4v) is 1.77. The van der Waals surface area contributed by atoms with Crippen molar-refractivity contribution in [1.29, 1.82) is 0 Å². The van der Waals surface area contributed by atoms with Gasteiger partial charge >= 0.3 is 0 Å². The number of aromatic nitrogens is 2. The monoisotopic (exact) mass is 240 g/mol. The van der Waals surface area contributed by atoms with E-state index in [4.69, 9.17) is 4.74 Å². The molecule has 0 unspecified atom stereocenters. The zero-order chi connectivity index (χ0) is 9.42. The van der Waals surface area contributed by atoms with Gasteiger partial charge in [0.1, 0.15) is 0 Å². The number of ether oxygens (including phenoxy) is 1. The van der Waals surface area contributed by atoms with Crippen LogP contribution in [0.1, 0.15) is 5.69 Å². The minimum Gasteiger partial charge on any atom is -0.492 e. The van der Waals surface area contributed by atoms with Crippen molar-refractivity contribution < 1.29 is 4.74 Å². The standard InChI is InChI=1S/C9H9BrN2O/c1-6-5-11-9-8(13-2)7(10)3-4-12(6)9/h3-5H,1-2H3. The maximum absolute atomic E-state index is 5.24. The molecule has 0 fully saturated rings. The molecule has 0 aliphatic carbocycles. The van der Waals surface area contributed by atoms with Crippen LogP contribution in [0.25, 0.3) is 5.65 Å². The summed E-state index contributed by atoms with van der Waals surface area (Å²) in [6.07, 6.45) is 3.79. The van der Waals surface area contributed by atoms with Crippen LogP contribution < -0.4 is 4.74 Å². The average Bonchev–Trinajstić information content (AvgIpc) is 2.48.